The fourth-order valence-corrected chi connectivity index (χ4v) is 6.32. The van der Waals surface area contributed by atoms with E-state index in [9.17, 15) is 66.1 Å². The first kappa shape index (κ1) is 44.4. The van der Waals surface area contributed by atoms with Gasteiger partial charge < -0.3 is 99.2 Å². The minimum absolute atomic E-state index is 0.0632. The first-order valence-corrected chi connectivity index (χ1v) is 17.8. The highest BCUT2D eigenvalue weighted by Gasteiger charge is 2.54. The summed E-state index contributed by atoms with van der Waals surface area (Å²) in [6.45, 7) is -2.59. The molecule has 21 nitrogen and oxygen atoms in total. The van der Waals surface area contributed by atoms with Gasteiger partial charge in [0.1, 0.15) is 79.9 Å². The summed E-state index contributed by atoms with van der Waals surface area (Å²) in [5.74, 6) is -1.70. The standard InChI is InChI=1S/C36H48O21/c1-50-20-11-15(3-6-18(20)40)4-7-24(42)52-14-23-27(45)32(56-34-30(48)28(46)25(43)21(12-37)53-34)33(57-35-31(49)29(47)26(44)22(13-38)54-35)36(55-23)51-9-8-16-2-5-17(39)19(41)10-16/h2-7,10-11,21-23,25-41,43-49H,8-9,12-14H2,1H3. The average molecular weight is 817 g/mol. The van der Waals surface area contributed by atoms with Crippen molar-refractivity contribution in [2.24, 2.45) is 0 Å². The van der Waals surface area contributed by atoms with Crippen molar-refractivity contribution >= 4 is 12.0 Å². The van der Waals surface area contributed by atoms with Crippen LogP contribution < -0.4 is 4.74 Å². The first-order valence-electron chi connectivity index (χ1n) is 17.8. The van der Waals surface area contributed by atoms with Crippen LogP contribution in [0.15, 0.2) is 42.5 Å². The Morgan fingerprint density at radius 3 is 1.82 bits per heavy atom. The number of aromatic hydroxyl groups is 3. The van der Waals surface area contributed by atoms with Gasteiger partial charge in [-0.15, -0.1) is 0 Å². The van der Waals surface area contributed by atoms with Gasteiger partial charge in [0, 0.05) is 6.08 Å². The highest BCUT2D eigenvalue weighted by atomic mass is 16.8. The number of aliphatic hydroxyl groups excluding tert-OH is 9. The smallest absolute Gasteiger partial charge is 0.330 e. The molecule has 0 aliphatic carbocycles. The molecule has 3 fully saturated rings. The molecule has 5 rings (SSSR count). The number of benzene rings is 2. The molecule has 3 aliphatic heterocycles. The number of carbonyl (C=O) groups excluding carboxylic acids is 1. The molecule has 15 unspecified atom stereocenters. The second kappa shape index (κ2) is 19.8. The van der Waals surface area contributed by atoms with Crippen molar-refractivity contribution in [3.05, 3.63) is 53.6 Å². The molecule has 3 saturated heterocycles. The van der Waals surface area contributed by atoms with Crippen molar-refractivity contribution in [1.82, 2.24) is 0 Å². The van der Waals surface area contributed by atoms with Crippen molar-refractivity contribution < 1.29 is 104 Å². The second-order valence-corrected chi connectivity index (χ2v) is 13.5. The van der Waals surface area contributed by atoms with Crippen LogP contribution in [0.3, 0.4) is 0 Å². The Bertz CT molecular complexity index is 1640. The lowest BCUT2D eigenvalue weighted by atomic mass is 9.96. The van der Waals surface area contributed by atoms with Crippen LogP contribution >= 0.6 is 0 Å². The summed E-state index contributed by atoms with van der Waals surface area (Å²) in [7, 11) is 1.34. The first-order chi connectivity index (χ1) is 27.2. The Morgan fingerprint density at radius 2 is 1.25 bits per heavy atom. The number of hydrogen-bond acceptors (Lipinski definition) is 21. The van der Waals surface area contributed by atoms with Crippen molar-refractivity contribution in [3.8, 4) is 23.0 Å². The van der Waals surface area contributed by atoms with Gasteiger partial charge in [0.2, 0.25) is 0 Å². The summed E-state index contributed by atoms with van der Waals surface area (Å²) >= 11 is 0. The van der Waals surface area contributed by atoms with Crippen LogP contribution in [0.4, 0.5) is 0 Å². The lowest BCUT2D eigenvalue weighted by molar-refractivity contribution is -0.391. The zero-order valence-electron chi connectivity index (χ0n) is 30.4. The van der Waals surface area contributed by atoms with E-state index < -0.39 is 124 Å². The van der Waals surface area contributed by atoms with E-state index in [1.165, 1.54) is 49.6 Å². The summed E-state index contributed by atoms with van der Waals surface area (Å²) < 4.78 is 45.4. The number of esters is 1. The topological polar surface area (TPSA) is 334 Å². The molecule has 0 radical (unpaired) electrons. The molecule has 21 heteroatoms. The zero-order valence-corrected chi connectivity index (χ0v) is 30.4. The zero-order chi connectivity index (χ0) is 41.6. The minimum Gasteiger partial charge on any atom is -0.504 e. The second-order valence-electron chi connectivity index (χ2n) is 13.5. The van der Waals surface area contributed by atoms with Gasteiger partial charge in [-0.25, -0.2) is 4.79 Å². The van der Waals surface area contributed by atoms with Crippen molar-refractivity contribution in [2.45, 2.75) is 98.5 Å². The maximum absolute atomic E-state index is 12.8. The van der Waals surface area contributed by atoms with E-state index in [0.717, 1.165) is 6.08 Å². The molecule has 0 saturated carbocycles. The monoisotopic (exact) mass is 816 g/mol. The number of carbonyl (C=O) groups is 1. The summed E-state index contributed by atoms with van der Waals surface area (Å²) in [6, 6.07) is 8.28. The molecular weight excluding hydrogens is 768 g/mol. The fourth-order valence-electron chi connectivity index (χ4n) is 6.32. The van der Waals surface area contributed by atoms with Crippen LogP contribution in [0.2, 0.25) is 0 Å². The number of aliphatic hydroxyl groups is 9. The maximum Gasteiger partial charge on any atom is 0.330 e. The Labute approximate surface area is 324 Å². The van der Waals surface area contributed by atoms with Crippen LogP contribution in [-0.4, -0.2) is 193 Å². The highest BCUT2D eigenvalue weighted by Crippen LogP contribution is 2.35. The summed E-state index contributed by atoms with van der Waals surface area (Å²) in [4.78, 5) is 12.8. The molecule has 2 aromatic rings. The molecule has 0 amide bonds. The van der Waals surface area contributed by atoms with Crippen LogP contribution in [0.1, 0.15) is 11.1 Å². The highest BCUT2D eigenvalue weighted by molar-refractivity contribution is 5.87. The van der Waals surface area contributed by atoms with Crippen LogP contribution in [0, 0.1) is 0 Å². The van der Waals surface area contributed by atoms with Crippen LogP contribution in [0.25, 0.3) is 6.08 Å². The molecule has 3 aliphatic rings. The maximum atomic E-state index is 12.8. The third-order valence-electron chi connectivity index (χ3n) is 9.62. The van der Waals surface area contributed by atoms with Crippen molar-refractivity contribution in [1.29, 1.82) is 0 Å². The van der Waals surface area contributed by atoms with Crippen molar-refractivity contribution in [3.63, 3.8) is 0 Å². The molecule has 0 bridgehead atoms. The lowest BCUT2D eigenvalue weighted by Crippen LogP contribution is -2.67. The van der Waals surface area contributed by atoms with Crippen LogP contribution in [0.5, 0.6) is 23.0 Å². The molecular formula is C36H48O21. The van der Waals surface area contributed by atoms with Gasteiger partial charge in [-0.05, 0) is 47.9 Å². The van der Waals surface area contributed by atoms with E-state index in [1.54, 1.807) is 0 Å². The van der Waals surface area contributed by atoms with Gasteiger partial charge in [0.15, 0.2) is 41.9 Å². The normalized spacial score (nSPS) is 35.9. The number of ether oxygens (including phenoxy) is 8. The van der Waals surface area contributed by atoms with Gasteiger partial charge in [-0.2, -0.15) is 0 Å². The Morgan fingerprint density at radius 1 is 0.667 bits per heavy atom. The molecule has 0 aromatic heterocycles. The SMILES string of the molecule is COc1cc(C=CC(=O)OCC2OC(OCCc3ccc(O)c(O)c3)C(OC3OC(CO)C(O)C(O)C3O)C(OC3OC(CO)C(O)C(O)C3O)C2O)ccc1O. The molecule has 0 spiro atoms. The predicted octanol–water partition coefficient (Wildman–Crippen LogP) is -3.92. The number of phenolic OH excluding ortho intramolecular Hbond substituents is 3. The number of rotatable bonds is 15. The van der Waals surface area contributed by atoms with E-state index in [-0.39, 0.29) is 30.3 Å². The molecule has 15 atom stereocenters. The largest absolute Gasteiger partial charge is 0.504 e. The van der Waals surface area contributed by atoms with E-state index in [0.29, 0.717) is 11.1 Å². The fraction of sp³-hybridized carbons (Fsp3) is 0.583. The van der Waals surface area contributed by atoms with E-state index >= 15 is 0 Å². The lowest BCUT2D eigenvalue weighted by Gasteiger charge is -2.49. The van der Waals surface area contributed by atoms with Gasteiger partial charge in [0.05, 0.1) is 26.9 Å². The number of phenols is 3. The average Bonchev–Trinajstić information content (AvgIpc) is 3.20. The molecule has 57 heavy (non-hydrogen) atoms. The quantitative estimate of drug-likeness (QED) is 0.0464. The summed E-state index contributed by atoms with van der Waals surface area (Å²) in [5.41, 5.74) is 0.928. The Hall–Kier alpha value is -3.75. The van der Waals surface area contributed by atoms with Gasteiger partial charge >= 0.3 is 5.97 Å². The molecule has 12 N–H and O–H groups in total. The Balaban J connectivity index is 1.43. The van der Waals surface area contributed by atoms with Crippen molar-refractivity contribution in [2.75, 3.05) is 33.5 Å². The number of hydrogen-bond donors (Lipinski definition) is 12. The predicted molar refractivity (Wildman–Crippen MR) is 186 cm³/mol. The van der Waals surface area contributed by atoms with E-state index in [4.69, 9.17) is 37.9 Å². The third-order valence-corrected chi connectivity index (χ3v) is 9.62. The Kier molecular flexibility index (Phi) is 15.4. The van der Waals surface area contributed by atoms with Crippen LogP contribution in [-0.2, 0) is 44.4 Å². The van der Waals surface area contributed by atoms with E-state index in [1.807, 2.05) is 0 Å². The van der Waals surface area contributed by atoms with Gasteiger partial charge in [0.25, 0.3) is 0 Å². The minimum atomic E-state index is -1.99. The summed E-state index contributed by atoms with van der Waals surface area (Å²) in [6.07, 6.45) is -24.3. The molecule has 3 heterocycles. The third kappa shape index (κ3) is 10.5. The summed E-state index contributed by atoms with van der Waals surface area (Å²) in [5, 5.41) is 124. The van der Waals surface area contributed by atoms with Gasteiger partial charge in [-0.1, -0.05) is 12.1 Å². The number of methoxy groups -OCH3 is 1. The van der Waals surface area contributed by atoms with E-state index in [2.05, 4.69) is 0 Å². The molecule has 2 aromatic carbocycles. The molecule has 318 valence electrons. The van der Waals surface area contributed by atoms with Gasteiger partial charge in [-0.3, -0.25) is 0 Å².